The molecule has 5 nitrogen and oxygen atoms in total. The molecule has 2 atom stereocenters. The van der Waals surface area contributed by atoms with Crippen molar-refractivity contribution in [2.45, 2.75) is 32.7 Å². The molecule has 16 heavy (non-hydrogen) atoms. The number of nitrogens with one attached hydrogen (secondary N) is 3. The van der Waals surface area contributed by atoms with Gasteiger partial charge in [0.2, 0.25) is 0 Å². The minimum absolute atomic E-state index is 0. The molecule has 0 saturated carbocycles. The molecular weight excluding hydrogens is 250 g/mol. The summed E-state index contributed by atoms with van der Waals surface area (Å²) in [7, 11) is -3.32. The van der Waals surface area contributed by atoms with Gasteiger partial charge in [0, 0.05) is 19.1 Å². The fraction of sp³-hybridized carbons (Fsp3) is 1.00. The van der Waals surface area contributed by atoms with Crippen LogP contribution in [0.15, 0.2) is 0 Å². The second kappa shape index (κ2) is 7.45. The molecule has 0 bridgehead atoms. The third-order valence-electron chi connectivity index (χ3n) is 2.68. The summed E-state index contributed by atoms with van der Waals surface area (Å²) in [6, 6.07) is 0.00751. The van der Waals surface area contributed by atoms with E-state index in [0.29, 0.717) is 19.0 Å². The molecule has 1 aliphatic rings. The van der Waals surface area contributed by atoms with Gasteiger partial charge in [0.05, 0.1) is 0 Å². The molecule has 1 heterocycles. The lowest BCUT2D eigenvalue weighted by molar-refractivity contribution is 0.326. The smallest absolute Gasteiger partial charge is 0.277 e. The van der Waals surface area contributed by atoms with Crippen LogP contribution in [0.2, 0.25) is 0 Å². The van der Waals surface area contributed by atoms with Gasteiger partial charge in [-0.05, 0) is 25.3 Å². The Labute approximate surface area is 104 Å². The monoisotopic (exact) mass is 271 g/mol. The van der Waals surface area contributed by atoms with E-state index in [1.807, 2.05) is 6.92 Å². The zero-order valence-electron chi connectivity index (χ0n) is 9.82. The standard InChI is InChI=1S/C9H21N3O2S.ClH/c1-3-5-11-15(13,14)12-9-7-10-6-4-8(9)2;/h8-12H,3-7H2,1-2H3;1H. The number of piperidine rings is 1. The zero-order valence-corrected chi connectivity index (χ0v) is 11.5. The Morgan fingerprint density at radius 1 is 1.44 bits per heavy atom. The SMILES string of the molecule is CCCNS(=O)(=O)NC1CNCCC1C.Cl. The summed E-state index contributed by atoms with van der Waals surface area (Å²) >= 11 is 0. The molecule has 1 fully saturated rings. The van der Waals surface area contributed by atoms with Crippen LogP contribution in [-0.2, 0) is 10.2 Å². The van der Waals surface area contributed by atoms with Gasteiger partial charge in [-0.1, -0.05) is 13.8 Å². The first-order valence-electron chi connectivity index (χ1n) is 5.53. The maximum absolute atomic E-state index is 11.6. The first kappa shape index (κ1) is 16.1. The molecule has 0 aromatic rings. The summed E-state index contributed by atoms with van der Waals surface area (Å²) in [6.45, 7) is 6.20. The fourth-order valence-electron chi connectivity index (χ4n) is 1.62. The van der Waals surface area contributed by atoms with E-state index in [-0.39, 0.29) is 18.4 Å². The minimum atomic E-state index is -3.32. The van der Waals surface area contributed by atoms with Gasteiger partial charge in [-0.15, -0.1) is 12.4 Å². The van der Waals surface area contributed by atoms with Crippen LogP contribution in [0.4, 0.5) is 0 Å². The van der Waals surface area contributed by atoms with E-state index < -0.39 is 10.2 Å². The van der Waals surface area contributed by atoms with Crippen molar-refractivity contribution < 1.29 is 8.42 Å². The van der Waals surface area contributed by atoms with Crippen LogP contribution < -0.4 is 14.8 Å². The molecule has 1 rings (SSSR count). The predicted octanol–water partition coefficient (Wildman–Crippen LogP) is 0.240. The van der Waals surface area contributed by atoms with Crippen molar-refractivity contribution in [1.82, 2.24) is 14.8 Å². The Bertz CT molecular complexity index is 284. The molecule has 2 unspecified atom stereocenters. The van der Waals surface area contributed by atoms with Gasteiger partial charge in [-0.25, -0.2) is 4.72 Å². The number of rotatable bonds is 5. The van der Waals surface area contributed by atoms with E-state index in [4.69, 9.17) is 0 Å². The van der Waals surface area contributed by atoms with E-state index >= 15 is 0 Å². The Hall–Kier alpha value is 0.120. The van der Waals surface area contributed by atoms with Gasteiger partial charge < -0.3 is 5.32 Å². The highest BCUT2D eigenvalue weighted by atomic mass is 35.5. The lowest BCUT2D eigenvalue weighted by Gasteiger charge is -2.29. The van der Waals surface area contributed by atoms with Gasteiger partial charge in [0.15, 0.2) is 0 Å². The van der Waals surface area contributed by atoms with Crippen LogP contribution in [0.1, 0.15) is 26.7 Å². The number of hydrogen-bond donors (Lipinski definition) is 3. The Kier molecular flexibility index (Phi) is 7.50. The Morgan fingerprint density at radius 3 is 2.69 bits per heavy atom. The summed E-state index contributed by atoms with van der Waals surface area (Å²) in [5.41, 5.74) is 0. The van der Waals surface area contributed by atoms with Crippen molar-refractivity contribution in [3.8, 4) is 0 Å². The molecule has 0 aromatic heterocycles. The fourth-order valence-corrected chi connectivity index (χ4v) is 2.90. The number of hydrogen-bond acceptors (Lipinski definition) is 3. The maximum Gasteiger partial charge on any atom is 0.277 e. The summed E-state index contributed by atoms with van der Waals surface area (Å²) in [4.78, 5) is 0. The van der Waals surface area contributed by atoms with Crippen LogP contribution in [-0.4, -0.2) is 34.1 Å². The summed E-state index contributed by atoms with van der Waals surface area (Å²) in [5.74, 6) is 0.393. The van der Waals surface area contributed by atoms with Gasteiger partial charge in [0.25, 0.3) is 10.2 Å². The lowest BCUT2D eigenvalue weighted by atomic mass is 9.96. The lowest BCUT2D eigenvalue weighted by Crippen LogP contribution is -2.53. The summed E-state index contributed by atoms with van der Waals surface area (Å²) in [5, 5.41) is 3.19. The minimum Gasteiger partial charge on any atom is -0.315 e. The average Bonchev–Trinajstić information content (AvgIpc) is 2.18. The van der Waals surface area contributed by atoms with Crippen molar-refractivity contribution in [2.75, 3.05) is 19.6 Å². The van der Waals surface area contributed by atoms with Gasteiger partial charge in [0.1, 0.15) is 0 Å². The molecule has 1 aliphatic heterocycles. The average molecular weight is 272 g/mol. The largest absolute Gasteiger partial charge is 0.315 e. The van der Waals surface area contributed by atoms with E-state index in [1.165, 1.54) is 0 Å². The highest BCUT2D eigenvalue weighted by Gasteiger charge is 2.24. The molecule has 0 aliphatic carbocycles. The molecule has 0 aromatic carbocycles. The topological polar surface area (TPSA) is 70.2 Å². The molecule has 1 saturated heterocycles. The first-order valence-corrected chi connectivity index (χ1v) is 7.01. The van der Waals surface area contributed by atoms with Gasteiger partial charge >= 0.3 is 0 Å². The van der Waals surface area contributed by atoms with Crippen LogP contribution in [0.5, 0.6) is 0 Å². The van der Waals surface area contributed by atoms with E-state index in [2.05, 4.69) is 21.7 Å². The first-order chi connectivity index (χ1) is 7.05. The van der Waals surface area contributed by atoms with Gasteiger partial charge in [-0.2, -0.15) is 13.1 Å². The molecular formula is C9H22ClN3O2S. The third kappa shape index (κ3) is 5.45. The third-order valence-corrected chi connectivity index (χ3v) is 3.87. The van der Waals surface area contributed by atoms with Crippen molar-refractivity contribution in [3.63, 3.8) is 0 Å². The van der Waals surface area contributed by atoms with Crippen molar-refractivity contribution in [3.05, 3.63) is 0 Å². The quantitative estimate of drug-likeness (QED) is 0.671. The highest BCUT2D eigenvalue weighted by Crippen LogP contribution is 2.11. The van der Waals surface area contributed by atoms with Crippen molar-refractivity contribution >= 4 is 22.6 Å². The van der Waals surface area contributed by atoms with Gasteiger partial charge in [-0.3, -0.25) is 0 Å². The summed E-state index contributed by atoms with van der Waals surface area (Å²) in [6.07, 6.45) is 1.82. The normalized spacial score (nSPS) is 26.1. The molecule has 0 spiro atoms. The maximum atomic E-state index is 11.6. The highest BCUT2D eigenvalue weighted by molar-refractivity contribution is 7.87. The summed E-state index contributed by atoms with van der Waals surface area (Å²) < 4.78 is 28.3. The molecule has 98 valence electrons. The molecule has 0 amide bonds. The molecule has 3 N–H and O–H groups in total. The van der Waals surface area contributed by atoms with Crippen LogP contribution in [0.3, 0.4) is 0 Å². The van der Waals surface area contributed by atoms with Crippen LogP contribution in [0, 0.1) is 5.92 Å². The van der Waals surface area contributed by atoms with E-state index in [0.717, 1.165) is 19.4 Å². The van der Waals surface area contributed by atoms with Crippen molar-refractivity contribution in [2.24, 2.45) is 5.92 Å². The zero-order chi connectivity index (χ0) is 11.3. The molecule has 7 heteroatoms. The second-order valence-corrected chi connectivity index (χ2v) is 5.62. The van der Waals surface area contributed by atoms with Crippen LogP contribution in [0.25, 0.3) is 0 Å². The number of halogens is 1. The predicted molar refractivity (Wildman–Crippen MR) is 68.0 cm³/mol. The van der Waals surface area contributed by atoms with Crippen molar-refractivity contribution in [1.29, 1.82) is 0 Å². The van der Waals surface area contributed by atoms with E-state index in [9.17, 15) is 8.42 Å². The van der Waals surface area contributed by atoms with E-state index in [1.54, 1.807) is 0 Å². The Morgan fingerprint density at radius 2 is 2.12 bits per heavy atom. The second-order valence-electron chi connectivity index (χ2n) is 4.09. The Balaban J connectivity index is 0.00000225. The van der Waals surface area contributed by atoms with Crippen LogP contribution >= 0.6 is 12.4 Å². The molecule has 0 radical (unpaired) electrons.